The third-order valence-corrected chi connectivity index (χ3v) is 4.01. The lowest BCUT2D eigenvalue weighted by Crippen LogP contribution is -2.38. The standard InChI is InChI=1S/C16H21Cl2N5.HI/c1-4-19-16(20-8-13-9-21-23(3)11-13)22(2)10-12-5-6-14(17)15(18)7-12;/h5-7,9,11H,4,8,10H2,1-3H3,(H,19,20);1H. The molecule has 0 aliphatic heterocycles. The van der Waals surface area contributed by atoms with Gasteiger partial charge in [-0.3, -0.25) is 4.68 Å². The summed E-state index contributed by atoms with van der Waals surface area (Å²) in [6.07, 6.45) is 3.79. The highest BCUT2D eigenvalue weighted by molar-refractivity contribution is 14.0. The number of halogens is 3. The van der Waals surface area contributed by atoms with Gasteiger partial charge in [0.1, 0.15) is 0 Å². The first kappa shape index (κ1) is 21.1. The molecule has 2 rings (SSSR count). The molecule has 0 amide bonds. The van der Waals surface area contributed by atoms with Crippen molar-refractivity contribution in [1.29, 1.82) is 0 Å². The molecule has 1 N–H and O–H groups in total. The van der Waals surface area contributed by atoms with E-state index in [2.05, 4.69) is 20.3 Å². The maximum Gasteiger partial charge on any atom is 0.194 e. The number of hydrogen-bond donors (Lipinski definition) is 1. The molecule has 0 aliphatic carbocycles. The maximum absolute atomic E-state index is 6.08. The fourth-order valence-electron chi connectivity index (χ4n) is 2.18. The zero-order valence-electron chi connectivity index (χ0n) is 14.0. The average Bonchev–Trinajstić information content (AvgIpc) is 2.92. The molecule has 0 saturated heterocycles. The molecule has 1 aromatic carbocycles. The molecule has 5 nitrogen and oxygen atoms in total. The SMILES string of the molecule is CCNC(=NCc1cnn(C)c1)N(C)Cc1ccc(Cl)c(Cl)c1.I. The minimum atomic E-state index is 0. The van der Waals surface area contributed by atoms with E-state index >= 15 is 0 Å². The monoisotopic (exact) mass is 481 g/mol. The second kappa shape index (κ2) is 10.1. The van der Waals surface area contributed by atoms with Gasteiger partial charge in [-0.1, -0.05) is 29.3 Å². The zero-order chi connectivity index (χ0) is 16.8. The van der Waals surface area contributed by atoms with E-state index in [0.717, 1.165) is 23.6 Å². The van der Waals surface area contributed by atoms with Gasteiger partial charge in [0.25, 0.3) is 0 Å². The largest absolute Gasteiger partial charge is 0.357 e. The quantitative estimate of drug-likeness (QED) is 0.399. The van der Waals surface area contributed by atoms with Crippen LogP contribution in [0.4, 0.5) is 0 Å². The Morgan fingerprint density at radius 2 is 2.04 bits per heavy atom. The van der Waals surface area contributed by atoms with Gasteiger partial charge in [-0.15, -0.1) is 24.0 Å². The van der Waals surface area contributed by atoms with Crippen LogP contribution in [-0.4, -0.2) is 34.2 Å². The van der Waals surface area contributed by atoms with E-state index in [4.69, 9.17) is 23.2 Å². The van der Waals surface area contributed by atoms with Crippen molar-refractivity contribution in [2.24, 2.45) is 12.0 Å². The van der Waals surface area contributed by atoms with E-state index in [0.29, 0.717) is 23.1 Å². The van der Waals surface area contributed by atoms with Crippen molar-refractivity contribution in [2.75, 3.05) is 13.6 Å². The fraction of sp³-hybridized carbons (Fsp3) is 0.375. The minimum Gasteiger partial charge on any atom is -0.357 e. The van der Waals surface area contributed by atoms with Crippen molar-refractivity contribution in [3.63, 3.8) is 0 Å². The van der Waals surface area contributed by atoms with Crippen LogP contribution in [0.15, 0.2) is 35.6 Å². The highest BCUT2D eigenvalue weighted by Gasteiger charge is 2.08. The average molecular weight is 482 g/mol. The van der Waals surface area contributed by atoms with Gasteiger partial charge in [-0.05, 0) is 24.6 Å². The van der Waals surface area contributed by atoms with Crippen LogP contribution < -0.4 is 5.32 Å². The van der Waals surface area contributed by atoms with Gasteiger partial charge in [0.2, 0.25) is 0 Å². The van der Waals surface area contributed by atoms with Crippen LogP contribution in [0.2, 0.25) is 10.0 Å². The number of nitrogens with zero attached hydrogens (tertiary/aromatic N) is 4. The van der Waals surface area contributed by atoms with Crippen molar-refractivity contribution < 1.29 is 0 Å². The molecule has 0 radical (unpaired) electrons. The second-order valence-electron chi connectivity index (χ2n) is 5.30. The van der Waals surface area contributed by atoms with Gasteiger partial charge >= 0.3 is 0 Å². The molecule has 8 heteroatoms. The molecule has 132 valence electrons. The van der Waals surface area contributed by atoms with E-state index in [9.17, 15) is 0 Å². The number of aromatic nitrogens is 2. The summed E-state index contributed by atoms with van der Waals surface area (Å²) in [6.45, 7) is 4.13. The summed E-state index contributed by atoms with van der Waals surface area (Å²) in [5, 5.41) is 8.58. The molecule has 1 heterocycles. The minimum absolute atomic E-state index is 0. The summed E-state index contributed by atoms with van der Waals surface area (Å²) in [7, 11) is 3.89. The lowest BCUT2D eigenvalue weighted by Gasteiger charge is -2.22. The summed E-state index contributed by atoms with van der Waals surface area (Å²) < 4.78 is 1.77. The van der Waals surface area contributed by atoms with Crippen LogP contribution in [0, 0.1) is 0 Å². The van der Waals surface area contributed by atoms with Gasteiger partial charge in [-0.2, -0.15) is 5.10 Å². The number of aliphatic imine (C=N–C) groups is 1. The normalized spacial score (nSPS) is 11.1. The molecule has 1 aromatic heterocycles. The van der Waals surface area contributed by atoms with E-state index < -0.39 is 0 Å². The third-order valence-electron chi connectivity index (χ3n) is 3.27. The van der Waals surface area contributed by atoms with Gasteiger partial charge in [0, 0.05) is 38.9 Å². The Morgan fingerprint density at radius 3 is 2.62 bits per heavy atom. The summed E-state index contributed by atoms with van der Waals surface area (Å²) in [6, 6.07) is 5.66. The molecule has 0 aliphatic rings. The molecule has 0 fully saturated rings. The number of nitrogens with one attached hydrogen (secondary N) is 1. The maximum atomic E-state index is 6.08. The predicted octanol–water partition coefficient (Wildman–Crippen LogP) is 3.94. The highest BCUT2D eigenvalue weighted by atomic mass is 127. The molecule has 0 spiro atoms. The van der Waals surface area contributed by atoms with Crippen LogP contribution in [-0.2, 0) is 20.1 Å². The van der Waals surface area contributed by atoms with Crippen molar-refractivity contribution in [3.05, 3.63) is 51.8 Å². The van der Waals surface area contributed by atoms with Crippen LogP contribution in [0.5, 0.6) is 0 Å². The third kappa shape index (κ3) is 6.14. The Morgan fingerprint density at radius 1 is 1.29 bits per heavy atom. The lowest BCUT2D eigenvalue weighted by molar-refractivity contribution is 0.477. The van der Waals surface area contributed by atoms with Gasteiger partial charge in [0.05, 0.1) is 22.8 Å². The number of guanidine groups is 1. The highest BCUT2D eigenvalue weighted by Crippen LogP contribution is 2.23. The number of benzene rings is 1. The summed E-state index contributed by atoms with van der Waals surface area (Å²) >= 11 is 12.0. The van der Waals surface area contributed by atoms with Gasteiger partial charge in [-0.25, -0.2) is 4.99 Å². The van der Waals surface area contributed by atoms with Crippen LogP contribution in [0.1, 0.15) is 18.1 Å². The first-order valence-corrected chi connectivity index (χ1v) is 8.16. The Hall–Kier alpha value is -0.990. The molecular formula is C16H22Cl2IN5. The Bertz CT molecular complexity index is 687. The number of rotatable bonds is 5. The van der Waals surface area contributed by atoms with E-state index in [1.807, 2.05) is 51.6 Å². The molecule has 0 bridgehead atoms. The van der Waals surface area contributed by atoms with Crippen LogP contribution in [0.3, 0.4) is 0 Å². The van der Waals surface area contributed by atoms with Gasteiger partial charge < -0.3 is 10.2 Å². The molecule has 2 aromatic rings. The predicted molar refractivity (Wildman–Crippen MR) is 111 cm³/mol. The van der Waals surface area contributed by atoms with Crippen molar-refractivity contribution >= 4 is 53.1 Å². The van der Waals surface area contributed by atoms with E-state index in [1.54, 1.807) is 4.68 Å². The zero-order valence-corrected chi connectivity index (χ0v) is 17.8. The van der Waals surface area contributed by atoms with E-state index in [-0.39, 0.29) is 24.0 Å². The second-order valence-corrected chi connectivity index (χ2v) is 6.11. The number of aryl methyl sites for hydroxylation is 1. The van der Waals surface area contributed by atoms with Crippen molar-refractivity contribution in [2.45, 2.75) is 20.0 Å². The Kier molecular flexibility index (Phi) is 8.86. The topological polar surface area (TPSA) is 45.5 Å². The molecule has 24 heavy (non-hydrogen) atoms. The van der Waals surface area contributed by atoms with Crippen molar-refractivity contribution in [1.82, 2.24) is 20.0 Å². The summed E-state index contributed by atoms with van der Waals surface area (Å²) in [5.41, 5.74) is 2.15. The lowest BCUT2D eigenvalue weighted by atomic mass is 10.2. The first-order chi connectivity index (χ1) is 11.0. The Labute approximate surface area is 170 Å². The Balaban J connectivity index is 0.00000288. The molecule has 0 unspecified atom stereocenters. The summed E-state index contributed by atoms with van der Waals surface area (Å²) in [4.78, 5) is 6.71. The summed E-state index contributed by atoms with van der Waals surface area (Å²) in [5.74, 6) is 0.836. The molecule has 0 saturated carbocycles. The first-order valence-electron chi connectivity index (χ1n) is 7.40. The van der Waals surface area contributed by atoms with Gasteiger partial charge in [0.15, 0.2) is 5.96 Å². The molecular weight excluding hydrogens is 460 g/mol. The van der Waals surface area contributed by atoms with Crippen LogP contribution >= 0.6 is 47.2 Å². The van der Waals surface area contributed by atoms with Crippen LogP contribution in [0.25, 0.3) is 0 Å². The van der Waals surface area contributed by atoms with Crippen molar-refractivity contribution in [3.8, 4) is 0 Å². The number of hydrogen-bond acceptors (Lipinski definition) is 2. The fourth-order valence-corrected chi connectivity index (χ4v) is 2.50. The smallest absolute Gasteiger partial charge is 0.194 e. The molecule has 0 atom stereocenters. The van der Waals surface area contributed by atoms with E-state index in [1.165, 1.54) is 0 Å².